The molecule has 0 saturated heterocycles. The van der Waals surface area contributed by atoms with Gasteiger partial charge in [0.2, 0.25) is 13.3 Å². The van der Waals surface area contributed by atoms with Gasteiger partial charge in [-0.3, -0.25) is 9.36 Å². The molecule has 0 aromatic carbocycles. The van der Waals surface area contributed by atoms with Gasteiger partial charge in [0, 0.05) is 19.8 Å². The van der Waals surface area contributed by atoms with E-state index in [1.807, 2.05) is 13.8 Å². The van der Waals surface area contributed by atoms with Crippen LogP contribution in [0.5, 0.6) is 0 Å². The van der Waals surface area contributed by atoms with E-state index in [0.29, 0.717) is 0 Å². The lowest BCUT2D eigenvalue weighted by molar-refractivity contribution is -0.119. The van der Waals surface area contributed by atoms with Crippen LogP contribution in [-0.4, -0.2) is 31.9 Å². The van der Waals surface area contributed by atoms with E-state index >= 15 is 0 Å². The number of carbonyl (C=O) groups is 1. The van der Waals surface area contributed by atoms with E-state index < -0.39 is 7.37 Å². The SMILES string of the molecule is COP(C)(=O)CC(=O)NC(C)C. The summed E-state index contributed by atoms with van der Waals surface area (Å²) in [5, 5.41) is 2.64. The van der Waals surface area contributed by atoms with Crippen molar-refractivity contribution in [2.24, 2.45) is 0 Å². The van der Waals surface area contributed by atoms with E-state index in [1.54, 1.807) is 0 Å². The molecule has 1 unspecified atom stereocenters. The normalized spacial score (nSPS) is 15.8. The quantitative estimate of drug-likeness (QED) is 0.679. The van der Waals surface area contributed by atoms with Crippen LogP contribution in [0.25, 0.3) is 0 Å². The van der Waals surface area contributed by atoms with Crippen molar-refractivity contribution in [3.8, 4) is 0 Å². The first-order valence-corrected chi connectivity index (χ1v) is 6.05. The number of rotatable bonds is 4. The lowest BCUT2D eigenvalue weighted by Crippen LogP contribution is -2.32. The van der Waals surface area contributed by atoms with Gasteiger partial charge in [-0.05, 0) is 13.8 Å². The first-order chi connectivity index (χ1) is 5.37. The van der Waals surface area contributed by atoms with Gasteiger partial charge in [-0.2, -0.15) is 0 Å². The van der Waals surface area contributed by atoms with E-state index in [2.05, 4.69) is 9.84 Å². The predicted molar refractivity (Wildman–Crippen MR) is 48.7 cm³/mol. The second kappa shape index (κ2) is 4.63. The molecule has 0 bridgehead atoms. The van der Waals surface area contributed by atoms with Crippen molar-refractivity contribution in [1.82, 2.24) is 5.32 Å². The molecule has 0 spiro atoms. The maximum Gasteiger partial charge on any atom is 0.229 e. The fourth-order valence-electron chi connectivity index (χ4n) is 0.693. The van der Waals surface area contributed by atoms with Crippen LogP contribution in [0, 0.1) is 0 Å². The minimum absolute atomic E-state index is 0.0400. The third-order valence-electron chi connectivity index (χ3n) is 1.27. The Morgan fingerprint density at radius 1 is 1.58 bits per heavy atom. The Hall–Kier alpha value is -0.340. The molecule has 4 nitrogen and oxygen atoms in total. The van der Waals surface area contributed by atoms with Gasteiger partial charge in [0.05, 0.1) is 0 Å². The van der Waals surface area contributed by atoms with Gasteiger partial charge in [0.15, 0.2) is 0 Å². The lowest BCUT2D eigenvalue weighted by Gasteiger charge is -2.12. The molecule has 1 amide bonds. The highest BCUT2D eigenvalue weighted by Crippen LogP contribution is 2.40. The van der Waals surface area contributed by atoms with Crippen LogP contribution in [0.15, 0.2) is 0 Å². The molecule has 1 N–H and O–H groups in total. The summed E-state index contributed by atoms with van der Waals surface area (Å²) in [6.45, 7) is 5.16. The molecular weight excluding hydrogens is 177 g/mol. The zero-order valence-electron chi connectivity index (χ0n) is 7.96. The van der Waals surface area contributed by atoms with Crippen molar-refractivity contribution >= 4 is 13.3 Å². The highest BCUT2D eigenvalue weighted by atomic mass is 31.2. The van der Waals surface area contributed by atoms with Crippen LogP contribution < -0.4 is 5.32 Å². The first kappa shape index (κ1) is 11.7. The lowest BCUT2D eigenvalue weighted by atomic mass is 10.4. The van der Waals surface area contributed by atoms with Gasteiger partial charge in [-0.15, -0.1) is 0 Å². The van der Waals surface area contributed by atoms with Crippen LogP contribution >= 0.6 is 7.37 Å². The van der Waals surface area contributed by atoms with Crippen LogP contribution in [0.4, 0.5) is 0 Å². The van der Waals surface area contributed by atoms with Gasteiger partial charge < -0.3 is 9.84 Å². The third kappa shape index (κ3) is 5.33. The van der Waals surface area contributed by atoms with E-state index in [9.17, 15) is 9.36 Å². The summed E-state index contributed by atoms with van der Waals surface area (Å²) in [7, 11) is -1.35. The Balaban J connectivity index is 3.93. The van der Waals surface area contributed by atoms with Crippen molar-refractivity contribution in [2.75, 3.05) is 19.9 Å². The average Bonchev–Trinajstić information content (AvgIpc) is 1.84. The molecule has 0 fully saturated rings. The van der Waals surface area contributed by atoms with Gasteiger partial charge in [0.1, 0.15) is 6.16 Å². The number of hydrogen-bond acceptors (Lipinski definition) is 3. The molecule has 0 heterocycles. The largest absolute Gasteiger partial charge is 0.353 e. The van der Waals surface area contributed by atoms with Crippen molar-refractivity contribution < 1.29 is 13.9 Å². The number of amides is 1. The first-order valence-electron chi connectivity index (χ1n) is 3.79. The molecule has 0 aromatic rings. The summed E-state index contributed by atoms with van der Waals surface area (Å²) < 4.78 is 16.0. The monoisotopic (exact) mass is 193 g/mol. The molecule has 0 aliphatic carbocycles. The van der Waals surface area contributed by atoms with Crippen molar-refractivity contribution in [3.63, 3.8) is 0 Å². The number of hydrogen-bond donors (Lipinski definition) is 1. The van der Waals surface area contributed by atoms with E-state index in [1.165, 1.54) is 13.8 Å². The topological polar surface area (TPSA) is 55.4 Å². The van der Waals surface area contributed by atoms with Crippen LogP contribution in [0.1, 0.15) is 13.8 Å². The summed E-state index contributed by atoms with van der Waals surface area (Å²) >= 11 is 0. The summed E-state index contributed by atoms with van der Waals surface area (Å²) in [5.41, 5.74) is 0. The summed E-state index contributed by atoms with van der Waals surface area (Å²) in [6.07, 6.45) is -0.0400. The Labute approximate surface area is 73.1 Å². The average molecular weight is 193 g/mol. The van der Waals surface area contributed by atoms with Crippen LogP contribution in [-0.2, 0) is 13.9 Å². The second-order valence-corrected chi connectivity index (χ2v) is 5.79. The molecule has 72 valence electrons. The zero-order chi connectivity index (χ0) is 9.78. The maximum absolute atomic E-state index is 11.3. The van der Waals surface area contributed by atoms with Crippen molar-refractivity contribution in [2.45, 2.75) is 19.9 Å². The summed E-state index contributed by atoms with van der Waals surface area (Å²) in [5.74, 6) is -0.224. The maximum atomic E-state index is 11.3. The summed E-state index contributed by atoms with van der Waals surface area (Å²) in [6, 6.07) is 0.0781. The summed E-state index contributed by atoms with van der Waals surface area (Å²) in [4.78, 5) is 11.1. The molecule has 0 saturated carbocycles. The molecule has 5 heteroatoms. The van der Waals surface area contributed by atoms with E-state index in [4.69, 9.17) is 0 Å². The minimum atomic E-state index is -2.70. The van der Waals surface area contributed by atoms with E-state index in [-0.39, 0.29) is 18.1 Å². The molecule has 0 aromatic heterocycles. The van der Waals surface area contributed by atoms with Crippen LogP contribution in [0.3, 0.4) is 0 Å². The molecule has 12 heavy (non-hydrogen) atoms. The zero-order valence-corrected chi connectivity index (χ0v) is 8.85. The van der Waals surface area contributed by atoms with Gasteiger partial charge in [-0.1, -0.05) is 0 Å². The van der Waals surface area contributed by atoms with Gasteiger partial charge in [-0.25, -0.2) is 0 Å². The molecule has 1 atom stereocenters. The molecule has 0 radical (unpaired) electrons. The minimum Gasteiger partial charge on any atom is -0.353 e. The molecule has 0 rings (SSSR count). The second-order valence-electron chi connectivity index (χ2n) is 3.08. The Morgan fingerprint density at radius 2 is 2.08 bits per heavy atom. The van der Waals surface area contributed by atoms with Crippen molar-refractivity contribution in [1.29, 1.82) is 0 Å². The molecule has 0 aliphatic heterocycles. The Morgan fingerprint density at radius 3 is 2.42 bits per heavy atom. The fraction of sp³-hybridized carbons (Fsp3) is 0.857. The number of carbonyl (C=O) groups excluding carboxylic acids is 1. The Bertz CT molecular complexity index is 203. The van der Waals surface area contributed by atoms with E-state index in [0.717, 1.165) is 0 Å². The molecule has 0 aliphatic rings. The van der Waals surface area contributed by atoms with Crippen molar-refractivity contribution in [3.05, 3.63) is 0 Å². The highest BCUT2D eigenvalue weighted by molar-refractivity contribution is 7.59. The highest BCUT2D eigenvalue weighted by Gasteiger charge is 2.19. The fourth-order valence-corrected chi connectivity index (χ4v) is 1.44. The smallest absolute Gasteiger partial charge is 0.229 e. The Kier molecular flexibility index (Phi) is 4.50. The predicted octanol–water partition coefficient (Wildman–Crippen LogP) is 1.07. The number of nitrogens with one attached hydrogen (secondary N) is 1. The third-order valence-corrected chi connectivity index (χ3v) is 2.90. The van der Waals surface area contributed by atoms with Gasteiger partial charge in [0.25, 0.3) is 0 Å². The van der Waals surface area contributed by atoms with Crippen LogP contribution in [0.2, 0.25) is 0 Å². The standard InChI is InChI=1S/C7H16NO3P/c1-6(2)8-7(9)5-12(4,10)11-3/h6H,5H2,1-4H3,(H,8,9). The van der Waals surface area contributed by atoms with Gasteiger partial charge >= 0.3 is 0 Å². The molecular formula is C7H16NO3P.